The Morgan fingerprint density at radius 2 is 2.04 bits per heavy atom. The lowest BCUT2D eigenvalue weighted by molar-refractivity contribution is 0.141. The summed E-state index contributed by atoms with van der Waals surface area (Å²) in [6, 6.07) is 14.7. The molecule has 3 aromatic rings. The highest BCUT2D eigenvalue weighted by atomic mass is 16.5. The number of aromatic nitrogens is 2. The lowest BCUT2D eigenvalue weighted by Gasteiger charge is -2.04. The molecule has 3 rings (SSSR count). The number of hydrogen-bond donors (Lipinski definition) is 1. The molecule has 0 spiro atoms. The summed E-state index contributed by atoms with van der Waals surface area (Å²) in [5, 5.41) is 3.08. The van der Waals surface area contributed by atoms with E-state index in [1.165, 1.54) is 10.9 Å². The maximum atomic E-state index is 12.1. The van der Waals surface area contributed by atoms with Crippen LogP contribution >= 0.6 is 0 Å². The monoisotopic (exact) mass is 347 g/mol. The summed E-state index contributed by atoms with van der Waals surface area (Å²) >= 11 is 0. The van der Waals surface area contributed by atoms with Gasteiger partial charge in [0, 0.05) is 12.6 Å². The Bertz CT molecular complexity index is 1050. The third kappa shape index (κ3) is 4.28. The number of ether oxygens (including phenoxy) is 1. The standard InChI is InChI=1S/C20H17N3O3/c1-23-14-22-18-10-9-15(12-17(18)19(23)24)8-5-11-21-20(25)26-13-16-6-3-2-4-7-16/h2-4,6-7,9-10,12,14H,11,13H2,1H3,(H,21,25). The third-order valence-electron chi connectivity index (χ3n) is 3.68. The molecule has 0 radical (unpaired) electrons. The van der Waals surface area contributed by atoms with Gasteiger partial charge in [-0.2, -0.15) is 0 Å². The van der Waals surface area contributed by atoms with Crippen molar-refractivity contribution in [2.75, 3.05) is 6.54 Å². The third-order valence-corrected chi connectivity index (χ3v) is 3.68. The van der Waals surface area contributed by atoms with Crippen LogP contribution in [0, 0.1) is 11.8 Å². The average Bonchev–Trinajstić information content (AvgIpc) is 2.67. The van der Waals surface area contributed by atoms with Crippen molar-refractivity contribution in [1.82, 2.24) is 14.9 Å². The minimum absolute atomic E-state index is 0.124. The maximum Gasteiger partial charge on any atom is 0.408 e. The van der Waals surface area contributed by atoms with Gasteiger partial charge in [-0.1, -0.05) is 42.2 Å². The van der Waals surface area contributed by atoms with E-state index in [2.05, 4.69) is 22.1 Å². The van der Waals surface area contributed by atoms with E-state index >= 15 is 0 Å². The first-order chi connectivity index (χ1) is 12.6. The van der Waals surface area contributed by atoms with Crippen LogP contribution in [0.15, 0.2) is 59.7 Å². The molecule has 0 aliphatic carbocycles. The molecular formula is C20H17N3O3. The van der Waals surface area contributed by atoms with E-state index in [9.17, 15) is 9.59 Å². The minimum Gasteiger partial charge on any atom is -0.445 e. The van der Waals surface area contributed by atoms with Crippen molar-refractivity contribution < 1.29 is 9.53 Å². The van der Waals surface area contributed by atoms with Gasteiger partial charge in [0.1, 0.15) is 6.61 Å². The Morgan fingerprint density at radius 3 is 2.85 bits per heavy atom. The maximum absolute atomic E-state index is 12.1. The van der Waals surface area contributed by atoms with Crippen molar-refractivity contribution in [3.8, 4) is 11.8 Å². The van der Waals surface area contributed by atoms with Crippen LogP contribution in [0.3, 0.4) is 0 Å². The summed E-state index contributed by atoms with van der Waals surface area (Å²) in [4.78, 5) is 27.9. The second kappa shape index (κ2) is 7.99. The quantitative estimate of drug-likeness (QED) is 0.737. The highest BCUT2D eigenvalue weighted by molar-refractivity contribution is 5.79. The Labute approximate surface area is 150 Å². The van der Waals surface area contributed by atoms with E-state index in [0.717, 1.165) is 5.56 Å². The lowest BCUT2D eigenvalue weighted by Crippen LogP contribution is -2.24. The van der Waals surface area contributed by atoms with Gasteiger partial charge in [-0.3, -0.25) is 4.79 Å². The van der Waals surface area contributed by atoms with Gasteiger partial charge in [-0.25, -0.2) is 9.78 Å². The van der Waals surface area contributed by atoms with E-state index in [-0.39, 0.29) is 18.7 Å². The molecule has 2 aromatic carbocycles. The van der Waals surface area contributed by atoms with Crippen LogP contribution in [0.1, 0.15) is 11.1 Å². The van der Waals surface area contributed by atoms with Crippen molar-refractivity contribution in [1.29, 1.82) is 0 Å². The van der Waals surface area contributed by atoms with Crippen molar-refractivity contribution in [2.45, 2.75) is 6.61 Å². The Kier molecular flexibility index (Phi) is 5.30. The molecule has 0 aliphatic rings. The van der Waals surface area contributed by atoms with Gasteiger partial charge in [-0.05, 0) is 23.8 Å². The SMILES string of the molecule is Cn1cnc2ccc(C#CCNC(=O)OCc3ccccc3)cc2c1=O. The fourth-order valence-corrected chi connectivity index (χ4v) is 2.33. The lowest BCUT2D eigenvalue weighted by atomic mass is 10.1. The van der Waals surface area contributed by atoms with E-state index in [4.69, 9.17) is 4.74 Å². The van der Waals surface area contributed by atoms with Crippen molar-refractivity contribution in [2.24, 2.45) is 7.05 Å². The summed E-state index contributed by atoms with van der Waals surface area (Å²) < 4.78 is 6.52. The van der Waals surface area contributed by atoms with Crippen molar-refractivity contribution in [3.63, 3.8) is 0 Å². The molecule has 0 fully saturated rings. The van der Waals surface area contributed by atoms with Gasteiger partial charge >= 0.3 is 6.09 Å². The zero-order valence-corrected chi connectivity index (χ0v) is 14.2. The van der Waals surface area contributed by atoms with Crippen LogP contribution in [0.5, 0.6) is 0 Å². The zero-order valence-electron chi connectivity index (χ0n) is 14.2. The number of carbonyl (C=O) groups excluding carboxylic acids is 1. The van der Waals surface area contributed by atoms with Crippen LogP contribution in [-0.2, 0) is 18.4 Å². The van der Waals surface area contributed by atoms with Crippen LogP contribution < -0.4 is 10.9 Å². The first-order valence-electron chi connectivity index (χ1n) is 8.02. The van der Waals surface area contributed by atoms with Crippen LogP contribution in [0.2, 0.25) is 0 Å². The molecule has 26 heavy (non-hydrogen) atoms. The van der Waals surface area contributed by atoms with E-state index in [0.29, 0.717) is 16.5 Å². The first kappa shape index (κ1) is 17.2. The number of carbonyl (C=O) groups is 1. The number of nitrogens with one attached hydrogen (secondary N) is 1. The molecule has 1 N–H and O–H groups in total. The summed E-state index contributed by atoms with van der Waals surface area (Å²) in [6.45, 7) is 0.359. The summed E-state index contributed by atoms with van der Waals surface area (Å²) in [5.74, 6) is 5.75. The smallest absolute Gasteiger partial charge is 0.408 e. The van der Waals surface area contributed by atoms with Gasteiger partial charge in [0.2, 0.25) is 0 Å². The van der Waals surface area contributed by atoms with Gasteiger partial charge in [0.25, 0.3) is 5.56 Å². The van der Waals surface area contributed by atoms with Crippen LogP contribution in [0.4, 0.5) is 4.79 Å². The van der Waals surface area contributed by atoms with E-state index in [1.54, 1.807) is 25.2 Å². The number of aryl methyl sites for hydroxylation is 1. The molecule has 0 atom stereocenters. The molecule has 0 unspecified atom stereocenters. The molecular weight excluding hydrogens is 330 g/mol. The molecule has 0 aliphatic heterocycles. The van der Waals surface area contributed by atoms with Gasteiger partial charge in [-0.15, -0.1) is 0 Å². The zero-order chi connectivity index (χ0) is 18.4. The van der Waals surface area contributed by atoms with Gasteiger partial charge < -0.3 is 14.6 Å². The number of rotatable bonds is 3. The largest absolute Gasteiger partial charge is 0.445 e. The number of benzene rings is 2. The van der Waals surface area contributed by atoms with Gasteiger partial charge in [0.05, 0.1) is 23.8 Å². The Morgan fingerprint density at radius 1 is 1.23 bits per heavy atom. The van der Waals surface area contributed by atoms with Crippen LogP contribution in [0.25, 0.3) is 10.9 Å². The van der Waals surface area contributed by atoms with Gasteiger partial charge in [0.15, 0.2) is 0 Å². The summed E-state index contributed by atoms with van der Waals surface area (Å²) in [7, 11) is 1.65. The second-order valence-corrected chi connectivity index (χ2v) is 5.61. The van der Waals surface area contributed by atoms with Crippen LogP contribution in [-0.4, -0.2) is 22.2 Å². The highest BCUT2D eigenvalue weighted by Gasteiger charge is 2.02. The number of alkyl carbamates (subject to hydrolysis) is 1. The molecule has 1 heterocycles. The normalized spacial score (nSPS) is 10.0. The predicted octanol–water partition coefficient (Wildman–Crippen LogP) is 2.21. The number of nitrogens with zero attached hydrogens (tertiary/aromatic N) is 2. The van der Waals surface area contributed by atoms with Crippen molar-refractivity contribution >= 4 is 17.0 Å². The topological polar surface area (TPSA) is 73.2 Å². The minimum atomic E-state index is -0.528. The Hall–Kier alpha value is -3.59. The predicted molar refractivity (Wildman–Crippen MR) is 98.5 cm³/mol. The number of fused-ring (bicyclic) bond motifs is 1. The van der Waals surface area contributed by atoms with E-state index in [1.807, 2.05) is 30.3 Å². The molecule has 6 heteroatoms. The summed E-state index contributed by atoms with van der Waals surface area (Å²) in [6.07, 6.45) is 0.959. The molecule has 0 saturated carbocycles. The first-order valence-corrected chi connectivity index (χ1v) is 8.02. The molecule has 6 nitrogen and oxygen atoms in total. The van der Waals surface area contributed by atoms with Crippen molar-refractivity contribution in [3.05, 3.63) is 76.3 Å². The molecule has 1 amide bonds. The highest BCUT2D eigenvalue weighted by Crippen LogP contribution is 2.08. The number of hydrogen-bond acceptors (Lipinski definition) is 4. The fourth-order valence-electron chi connectivity index (χ4n) is 2.33. The molecule has 130 valence electrons. The average molecular weight is 347 g/mol. The number of amides is 1. The molecule has 0 saturated heterocycles. The second-order valence-electron chi connectivity index (χ2n) is 5.61. The fraction of sp³-hybridized carbons (Fsp3) is 0.150. The summed E-state index contributed by atoms with van der Waals surface area (Å²) in [5.41, 5.74) is 2.10. The van der Waals surface area contributed by atoms with E-state index < -0.39 is 6.09 Å². The molecule has 0 bridgehead atoms. The Balaban J connectivity index is 1.56. The molecule has 1 aromatic heterocycles.